The van der Waals surface area contributed by atoms with Gasteiger partial charge in [0.05, 0.1) is 11.2 Å². The summed E-state index contributed by atoms with van der Waals surface area (Å²) in [6.07, 6.45) is 5.84. The van der Waals surface area contributed by atoms with Crippen molar-refractivity contribution < 1.29 is 0 Å². The minimum atomic E-state index is 1.06. The van der Waals surface area contributed by atoms with Gasteiger partial charge in [0, 0.05) is 18.3 Å². The predicted molar refractivity (Wildman–Crippen MR) is 66.3 cm³/mol. The molecule has 0 spiro atoms. The average Bonchev–Trinajstić information content (AvgIpc) is 2.69. The summed E-state index contributed by atoms with van der Waals surface area (Å²) in [5, 5.41) is 5.56. The Kier molecular flexibility index (Phi) is 7.09. The topological polar surface area (TPSA) is 24.9 Å². The Bertz CT molecular complexity index is 212. The van der Waals surface area contributed by atoms with E-state index in [-0.39, 0.29) is 0 Å². The zero-order valence-corrected chi connectivity index (χ0v) is 10.3. The third kappa shape index (κ3) is 5.62. The van der Waals surface area contributed by atoms with Crippen molar-refractivity contribution in [3.05, 3.63) is 16.6 Å². The van der Waals surface area contributed by atoms with E-state index in [0.717, 1.165) is 19.5 Å². The molecule has 0 aromatic carbocycles. The molecular weight excluding hydrogens is 212 g/mol. The van der Waals surface area contributed by atoms with E-state index in [2.05, 4.69) is 21.9 Å². The summed E-state index contributed by atoms with van der Waals surface area (Å²) in [5.74, 6) is 1.29. The van der Waals surface area contributed by atoms with Crippen molar-refractivity contribution in [2.45, 2.75) is 19.3 Å². The van der Waals surface area contributed by atoms with Crippen LogP contribution >= 0.6 is 23.1 Å². The number of unbranched alkanes of at least 4 members (excludes halogenated alkanes) is 1. The molecule has 0 saturated carbocycles. The molecule has 0 unspecified atom stereocenters. The van der Waals surface area contributed by atoms with Gasteiger partial charge in [0.25, 0.3) is 0 Å². The number of thiazole rings is 1. The van der Waals surface area contributed by atoms with Gasteiger partial charge in [0.2, 0.25) is 0 Å². The molecule has 1 heterocycles. The summed E-state index contributed by atoms with van der Waals surface area (Å²) in [6, 6.07) is 0. The first-order valence-corrected chi connectivity index (χ1v) is 7.34. The lowest BCUT2D eigenvalue weighted by atomic mass is 10.3. The second kappa shape index (κ2) is 8.26. The number of thioether (sulfide) groups is 1. The van der Waals surface area contributed by atoms with Crippen molar-refractivity contribution in [2.75, 3.05) is 25.1 Å². The molecule has 1 rings (SSSR count). The molecule has 0 aliphatic rings. The van der Waals surface area contributed by atoms with Crippen molar-refractivity contribution in [2.24, 2.45) is 0 Å². The number of aromatic nitrogens is 1. The summed E-state index contributed by atoms with van der Waals surface area (Å²) in [4.78, 5) is 4.24. The fourth-order valence-corrected chi connectivity index (χ4v) is 2.28. The number of nitrogens with zero attached hydrogens (tertiary/aromatic N) is 1. The van der Waals surface area contributed by atoms with Crippen molar-refractivity contribution in [3.8, 4) is 0 Å². The Balaban J connectivity index is 1.85. The van der Waals surface area contributed by atoms with E-state index < -0.39 is 0 Å². The summed E-state index contributed by atoms with van der Waals surface area (Å²) in [6.45, 7) is 2.20. The van der Waals surface area contributed by atoms with Gasteiger partial charge in [-0.15, -0.1) is 11.3 Å². The van der Waals surface area contributed by atoms with Crippen LogP contribution in [0.3, 0.4) is 0 Å². The van der Waals surface area contributed by atoms with Crippen molar-refractivity contribution in [3.63, 3.8) is 0 Å². The van der Waals surface area contributed by atoms with Crippen LogP contribution < -0.4 is 5.32 Å². The molecule has 80 valence electrons. The van der Waals surface area contributed by atoms with Gasteiger partial charge in [-0.05, 0) is 31.4 Å². The quantitative estimate of drug-likeness (QED) is 0.694. The van der Waals surface area contributed by atoms with E-state index in [9.17, 15) is 0 Å². The zero-order valence-electron chi connectivity index (χ0n) is 8.66. The van der Waals surface area contributed by atoms with Crippen LogP contribution in [0.5, 0.6) is 0 Å². The van der Waals surface area contributed by atoms with Gasteiger partial charge >= 0.3 is 0 Å². The van der Waals surface area contributed by atoms with Gasteiger partial charge in [-0.25, -0.2) is 4.98 Å². The maximum absolute atomic E-state index is 4.24. The van der Waals surface area contributed by atoms with E-state index in [4.69, 9.17) is 0 Å². The van der Waals surface area contributed by atoms with Crippen LogP contribution in [0, 0.1) is 0 Å². The highest BCUT2D eigenvalue weighted by Crippen LogP contribution is 2.01. The van der Waals surface area contributed by atoms with Crippen molar-refractivity contribution in [1.29, 1.82) is 0 Å². The fourth-order valence-electron chi connectivity index (χ4n) is 1.20. The van der Waals surface area contributed by atoms with Crippen LogP contribution in [0.2, 0.25) is 0 Å². The highest BCUT2D eigenvalue weighted by Gasteiger charge is 1.93. The summed E-state index contributed by atoms with van der Waals surface area (Å²) < 4.78 is 0. The van der Waals surface area contributed by atoms with Gasteiger partial charge in [-0.2, -0.15) is 11.8 Å². The second-order valence-corrected chi connectivity index (χ2v) is 4.88. The molecule has 14 heavy (non-hydrogen) atoms. The van der Waals surface area contributed by atoms with Crippen LogP contribution in [0.25, 0.3) is 0 Å². The predicted octanol–water partition coefficient (Wildman–Crippen LogP) is 2.42. The van der Waals surface area contributed by atoms with E-state index >= 15 is 0 Å². The Morgan fingerprint density at radius 3 is 3.07 bits per heavy atom. The molecular formula is C10H18N2S2. The molecule has 0 saturated heterocycles. The summed E-state index contributed by atoms with van der Waals surface area (Å²) >= 11 is 3.60. The largest absolute Gasteiger partial charge is 0.316 e. The third-order valence-corrected chi connectivity index (χ3v) is 3.33. The lowest BCUT2D eigenvalue weighted by Gasteiger charge is -2.02. The molecule has 0 amide bonds. The monoisotopic (exact) mass is 230 g/mol. The Hall–Kier alpha value is -0.0600. The Labute approximate surface area is 94.5 Å². The Morgan fingerprint density at radius 2 is 2.36 bits per heavy atom. The van der Waals surface area contributed by atoms with Crippen LogP contribution in [0.15, 0.2) is 10.9 Å². The van der Waals surface area contributed by atoms with Crippen LogP contribution in [0.1, 0.15) is 18.5 Å². The molecule has 0 fully saturated rings. The molecule has 2 nitrogen and oxygen atoms in total. The molecule has 0 atom stereocenters. The lowest BCUT2D eigenvalue weighted by Crippen LogP contribution is -2.18. The first-order chi connectivity index (χ1) is 6.93. The highest BCUT2D eigenvalue weighted by molar-refractivity contribution is 7.98. The molecule has 4 heteroatoms. The number of hydrogen-bond donors (Lipinski definition) is 1. The SMILES string of the molecule is CSCCCCNCCc1cscn1. The van der Waals surface area contributed by atoms with Gasteiger partial charge in [0.15, 0.2) is 0 Å². The fraction of sp³-hybridized carbons (Fsp3) is 0.700. The van der Waals surface area contributed by atoms with E-state index in [1.165, 1.54) is 24.3 Å². The number of rotatable bonds is 8. The smallest absolute Gasteiger partial charge is 0.0794 e. The van der Waals surface area contributed by atoms with Gasteiger partial charge in [-0.3, -0.25) is 0 Å². The van der Waals surface area contributed by atoms with E-state index in [1.807, 2.05) is 17.3 Å². The molecule has 0 radical (unpaired) electrons. The molecule has 1 aromatic rings. The average molecular weight is 230 g/mol. The lowest BCUT2D eigenvalue weighted by molar-refractivity contribution is 0.639. The van der Waals surface area contributed by atoms with Crippen LogP contribution in [0.4, 0.5) is 0 Å². The first kappa shape index (κ1) is 12.0. The maximum atomic E-state index is 4.24. The minimum Gasteiger partial charge on any atom is -0.316 e. The van der Waals surface area contributed by atoms with Crippen molar-refractivity contribution >= 4 is 23.1 Å². The van der Waals surface area contributed by atoms with Crippen LogP contribution in [-0.2, 0) is 6.42 Å². The van der Waals surface area contributed by atoms with Crippen LogP contribution in [-0.4, -0.2) is 30.1 Å². The summed E-state index contributed by atoms with van der Waals surface area (Å²) in [7, 11) is 0. The zero-order chi connectivity index (χ0) is 10.1. The van der Waals surface area contributed by atoms with E-state index in [1.54, 1.807) is 11.3 Å². The molecule has 0 aliphatic carbocycles. The minimum absolute atomic E-state index is 1.06. The highest BCUT2D eigenvalue weighted by atomic mass is 32.2. The first-order valence-electron chi connectivity index (χ1n) is 5.00. The second-order valence-electron chi connectivity index (χ2n) is 3.18. The molecule has 1 N–H and O–H groups in total. The number of nitrogens with one attached hydrogen (secondary N) is 1. The maximum Gasteiger partial charge on any atom is 0.0794 e. The summed E-state index contributed by atoms with van der Waals surface area (Å²) in [5.41, 5.74) is 3.11. The van der Waals surface area contributed by atoms with Gasteiger partial charge < -0.3 is 5.32 Å². The molecule has 0 aliphatic heterocycles. The third-order valence-electron chi connectivity index (χ3n) is 1.99. The Morgan fingerprint density at radius 1 is 1.43 bits per heavy atom. The van der Waals surface area contributed by atoms with Gasteiger partial charge in [0.1, 0.15) is 0 Å². The molecule has 1 aromatic heterocycles. The normalized spacial score (nSPS) is 10.6. The van der Waals surface area contributed by atoms with Crippen molar-refractivity contribution in [1.82, 2.24) is 10.3 Å². The standard InChI is InChI=1S/C10H18N2S2/c1-13-7-3-2-5-11-6-4-10-8-14-9-12-10/h8-9,11H,2-7H2,1H3. The van der Waals surface area contributed by atoms with E-state index in [0.29, 0.717) is 0 Å². The number of hydrogen-bond acceptors (Lipinski definition) is 4. The molecule has 0 bridgehead atoms. The van der Waals surface area contributed by atoms with Gasteiger partial charge in [-0.1, -0.05) is 0 Å².